The summed E-state index contributed by atoms with van der Waals surface area (Å²) in [6, 6.07) is 0. The van der Waals surface area contributed by atoms with E-state index in [-0.39, 0.29) is 25.9 Å². The van der Waals surface area contributed by atoms with Gasteiger partial charge in [-0.25, -0.2) is 4.79 Å². The van der Waals surface area contributed by atoms with Crippen molar-refractivity contribution in [1.29, 1.82) is 0 Å². The minimum absolute atomic E-state index is 0.0590. The first kappa shape index (κ1) is 67.4. The first-order chi connectivity index (χ1) is 35.6. The van der Waals surface area contributed by atoms with Gasteiger partial charge in [0.2, 0.25) is 0 Å². The number of aliphatic hydroxyl groups is 2. The van der Waals surface area contributed by atoms with Gasteiger partial charge in [-0.3, -0.25) is 14.4 Å². The molecule has 1 saturated heterocycles. The minimum Gasteiger partial charge on any atom is -0.479 e. The van der Waals surface area contributed by atoms with Crippen LogP contribution < -0.4 is 0 Å². The lowest BCUT2D eigenvalue weighted by Crippen LogP contribution is -2.61. The lowest BCUT2D eigenvalue weighted by Gasteiger charge is -2.40. The van der Waals surface area contributed by atoms with E-state index >= 15 is 0 Å². The van der Waals surface area contributed by atoms with Crippen molar-refractivity contribution in [2.75, 3.05) is 13.2 Å². The third-order valence-electron chi connectivity index (χ3n) is 13.0. The van der Waals surface area contributed by atoms with Crippen LogP contribution in [0.5, 0.6) is 0 Å². The van der Waals surface area contributed by atoms with E-state index in [9.17, 15) is 34.5 Å². The summed E-state index contributed by atoms with van der Waals surface area (Å²) >= 11 is 0. The second kappa shape index (κ2) is 49.3. The number of esters is 3. The molecule has 0 aromatic rings. The summed E-state index contributed by atoms with van der Waals surface area (Å²) in [5, 5.41) is 31.4. The standard InChI is InChI=1S/C61H104O12/c1-4-7-10-13-16-19-22-24-25-26-27-28-29-31-33-35-38-41-44-47-53(62)69-50-52(71-54(63)48-45-42-39-37-34-30-23-20-17-14-11-8-5-2)51-70-61-59(57(66)56(65)58(73-61)60(67)68)72-55(64)49-46-43-40-36-32-21-18-15-12-9-6-3/h11,14,16,19-20,23-25,27-28,52,56-59,61,65-66H,4-10,12-13,15,17-18,21-22,26,29-51H2,1-3H3,(H,67,68)/b14-11-,19-16-,23-20-,25-24-,28-27-. The van der Waals surface area contributed by atoms with Crippen LogP contribution in [0, 0.1) is 0 Å². The number of ether oxygens (including phenoxy) is 5. The Hall–Kier alpha value is -3.58. The molecule has 0 amide bonds. The predicted octanol–water partition coefficient (Wildman–Crippen LogP) is 14.8. The van der Waals surface area contributed by atoms with Crippen molar-refractivity contribution in [3.8, 4) is 0 Å². The average Bonchev–Trinajstić information content (AvgIpc) is 3.37. The van der Waals surface area contributed by atoms with Gasteiger partial charge in [0, 0.05) is 19.3 Å². The fraction of sp³-hybridized carbons (Fsp3) is 0.770. The molecule has 420 valence electrons. The zero-order chi connectivity index (χ0) is 53.3. The third kappa shape index (κ3) is 39.5. The molecule has 12 heteroatoms. The Labute approximate surface area is 443 Å². The number of hydrogen-bond acceptors (Lipinski definition) is 11. The molecule has 1 aliphatic rings. The third-order valence-corrected chi connectivity index (χ3v) is 13.0. The lowest BCUT2D eigenvalue weighted by molar-refractivity contribution is -0.301. The molecule has 0 aliphatic carbocycles. The number of rotatable bonds is 49. The Morgan fingerprint density at radius 1 is 0.452 bits per heavy atom. The topological polar surface area (TPSA) is 175 Å². The van der Waals surface area contributed by atoms with Crippen molar-refractivity contribution in [2.24, 2.45) is 0 Å². The van der Waals surface area contributed by atoms with Gasteiger partial charge in [-0.2, -0.15) is 0 Å². The smallest absolute Gasteiger partial charge is 0.335 e. The zero-order valence-corrected chi connectivity index (χ0v) is 46.1. The fourth-order valence-electron chi connectivity index (χ4n) is 8.53. The fourth-order valence-corrected chi connectivity index (χ4v) is 8.53. The van der Waals surface area contributed by atoms with Crippen molar-refractivity contribution < 1.29 is 58.2 Å². The second-order valence-electron chi connectivity index (χ2n) is 19.9. The van der Waals surface area contributed by atoms with Crippen LogP contribution in [0.1, 0.15) is 252 Å². The summed E-state index contributed by atoms with van der Waals surface area (Å²) in [5.41, 5.74) is 0. The summed E-state index contributed by atoms with van der Waals surface area (Å²) in [5.74, 6) is -3.15. The highest BCUT2D eigenvalue weighted by Crippen LogP contribution is 2.26. The largest absolute Gasteiger partial charge is 0.479 e. The first-order valence-electron chi connectivity index (χ1n) is 29.3. The van der Waals surface area contributed by atoms with Crippen LogP contribution in [0.4, 0.5) is 0 Å². The van der Waals surface area contributed by atoms with Crippen molar-refractivity contribution in [1.82, 2.24) is 0 Å². The summed E-state index contributed by atoms with van der Waals surface area (Å²) in [4.78, 5) is 51.0. The molecule has 0 aromatic heterocycles. The normalized spacial score (nSPS) is 18.7. The Morgan fingerprint density at radius 2 is 0.849 bits per heavy atom. The van der Waals surface area contributed by atoms with Crippen LogP contribution in [-0.4, -0.2) is 89.2 Å². The van der Waals surface area contributed by atoms with Gasteiger partial charge in [0.25, 0.3) is 0 Å². The van der Waals surface area contributed by atoms with Gasteiger partial charge >= 0.3 is 23.9 Å². The molecule has 6 unspecified atom stereocenters. The van der Waals surface area contributed by atoms with E-state index in [1.807, 2.05) is 0 Å². The molecule has 1 heterocycles. The summed E-state index contributed by atoms with van der Waals surface area (Å²) in [6.07, 6.45) is 47.7. The minimum atomic E-state index is -1.90. The van der Waals surface area contributed by atoms with Gasteiger partial charge in [-0.15, -0.1) is 0 Å². The monoisotopic (exact) mass is 1030 g/mol. The molecule has 1 rings (SSSR count). The molecule has 73 heavy (non-hydrogen) atoms. The molecule has 0 spiro atoms. The van der Waals surface area contributed by atoms with E-state index in [2.05, 4.69) is 81.5 Å². The molecule has 1 fully saturated rings. The maximum atomic E-state index is 13.1. The van der Waals surface area contributed by atoms with Gasteiger partial charge in [0.15, 0.2) is 24.6 Å². The first-order valence-corrected chi connectivity index (χ1v) is 29.3. The highest BCUT2D eigenvalue weighted by molar-refractivity contribution is 5.74. The van der Waals surface area contributed by atoms with E-state index in [1.54, 1.807) is 0 Å². The van der Waals surface area contributed by atoms with Gasteiger partial charge in [0.1, 0.15) is 18.8 Å². The molecule has 12 nitrogen and oxygen atoms in total. The van der Waals surface area contributed by atoms with Gasteiger partial charge in [-0.1, -0.05) is 210 Å². The summed E-state index contributed by atoms with van der Waals surface area (Å²) in [7, 11) is 0. The molecule has 6 atom stereocenters. The Balaban J connectivity index is 2.69. The highest BCUT2D eigenvalue weighted by Gasteiger charge is 2.50. The van der Waals surface area contributed by atoms with E-state index in [0.29, 0.717) is 19.3 Å². The van der Waals surface area contributed by atoms with Gasteiger partial charge < -0.3 is 39.0 Å². The van der Waals surface area contributed by atoms with E-state index in [1.165, 1.54) is 64.2 Å². The van der Waals surface area contributed by atoms with Crippen LogP contribution in [0.3, 0.4) is 0 Å². The van der Waals surface area contributed by atoms with Gasteiger partial charge in [0.05, 0.1) is 6.61 Å². The van der Waals surface area contributed by atoms with Crippen molar-refractivity contribution >= 4 is 23.9 Å². The van der Waals surface area contributed by atoms with Crippen LogP contribution in [-0.2, 0) is 42.9 Å². The van der Waals surface area contributed by atoms with E-state index in [4.69, 9.17) is 23.7 Å². The van der Waals surface area contributed by atoms with Crippen LogP contribution in [0.2, 0.25) is 0 Å². The summed E-state index contributed by atoms with van der Waals surface area (Å²) < 4.78 is 28.4. The van der Waals surface area contributed by atoms with Crippen LogP contribution in [0.15, 0.2) is 60.8 Å². The second-order valence-corrected chi connectivity index (χ2v) is 19.9. The highest BCUT2D eigenvalue weighted by atomic mass is 16.7. The average molecular weight is 1030 g/mol. The molecular formula is C61H104O12. The number of hydrogen-bond donors (Lipinski definition) is 3. The maximum Gasteiger partial charge on any atom is 0.335 e. The number of aliphatic carboxylic acids is 1. The zero-order valence-electron chi connectivity index (χ0n) is 46.1. The Bertz CT molecular complexity index is 1500. The number of carboxylic acid groups (broad SMARTS) is 1. The number of carboxylic acids is 1. The van der Waals surface area contributed by atoms with Crippen molar-refractivity contribution in [3.63, 3.8) is 0 Å². The number of allylic oxidation sites excluding steroid dienone is 10. The molecule has 0 bridgehead atoms. The number of carbonyl (C=O) groups is 4. The van der Waals surface area contributed by atoms with Crippen LogP contribution in [0.25, 0.3) is 0 Å². The number of carbonyl (C=O) groups excluding carboxylic acids is 3. The predicted molar refractivity (Wildman–Crippen MR) is 294 cm³/mol. The quantitative estimate of drug-likeness (QED) is 0.0228. The lowest BCUT2D eigenvalue weighted by atomic mass is 9.98. The molecule has 1 aliphatic heterocycles. The molecule has 0 saturated carbocycles. The van der Waals surface area contributed by atoms with E-state index in [0.717, 1.165) is 128 Å². The van der Waals surface area contributed by atoms with Crippen LogP contribution >= 0.6 is 0 Å². The maximum absolute atomic E-state index is 13.1. The van der Waals surface area contributed by atoms with E-state index < -0.39 is 67.3 Å². The molecular weight excluding hydrogens is 925 g/mol. The molecule has 0 aromatic carbocycles. The van der Waals surface area contributed by atoms with Crippen molar-refractivity contribution in [3.05, 3.63) is 60.8 Å². The number of unbranched alkanes of at least 4 members (excludes halogenated alkanes) is 25. The number of aliphatic hydroxyl groups excluding tert-OH is 2. The molecule has 3 N–H and O–H groups in total. The Morgan fingerprint density at radius 3 is 1.33 bits per heavy atom. The Kier molecular flexibility index (Phi) is 45.5. The van der Waals surface area contributed by atoms with Gasteiger partial charge in [-0.05, 0) is 83.5 Å². The van der Waals surface area contributed by atoms with Crippen molar-refractivity contribution in [2.45, 2.75) is 289 Å². The molecule has 0 radical (unpaired) electrons. The summed E-state index contributed by atoms with van der Waals surface area (Å²) in [6.45, 7) is 5.86. The SMILES string of the molecule is CCC/C=C\C/C=C\CCCCCCCC(=O)OC(COC(=O)CCCCCCCC/C=C\C/C=C\C/C=C\CCCCC)COC1OC(C(=O)O)C(O)C(O)C1OC(=O)CCCCCCCCCCCCC.